The van der Waals surface area contributed by atoms with Crippen LogP contribution in [0.1, 0.15) is 31.9 Å². The molecule has 0 aliphatic carbocycles. The van der Waals surface area contributed by atoms with Gasteiger partial charge in [0.25, 0.3) is 5.91 Å². The molecule has 1 heterocycles. The Labute approximate surface area is 175 Å². The average molecular weight is 434 g/mol. The molecule has 1 aliphatic rings. The zero-order valence-corrected chi connectivity index (χ0v) is 18.0. The van der Waals surface area contributed by atoms with Crippen molar-refractivity contribution >= 4 is 21.8 Å². The van der Waals surface area contributed by atoms with Crippen LogP contribution in [-0.2, 0) is 25.3 Å². The van der Waals surface area contributed by atoms with Crippen molar-refractivity contribution in [1.82, 2.24) is 9.73 Å². The highest BCUT2D eigenvalue weighted by atomic mass is 32.2. The standard InChI is InChI=1S/C21H24FN3O4S/c1-20(2,3)19(26)25-21(14-23-30(4,27)28,15-10-6-5-7-11-15)29-18(24-25)16-12-8-9-13-17(16)22/h5-13,23H,14H2,1-4H3. The highest BCUT2D eigenvalue weighted by Crippen LogP contribution is 2.39. The fourth-order valence-electron chi connectivity index (χ4n) is 2.99. The summed E-state index contributed by atoms with van der Waals surface area (Å²) in [7, 11) is -3.63. The van der Waals surface area contributed by atoms with Crippen LogP contribution in [0.25, 0.3) is 0 Å². The molecule has 2 aromatic carbocycles. The number of nitrogens with one attached hydrogen (secondary N) is 1. The van der Waals surface area contributed by atoms with Crippen molar-refractivity contribution in [1.29, 1.82) is 0 Å². The summed E-state index contributed by atoms with van der Waals surface area (Å²) in [6.45, 7) is 4.84. The molecule has 1 aliphatic heterocycles. The van der Waals surface area contributed by atoms with Crippen LogP contribution in [0.3, 0.4) is 0 Å². The first kappa shape index (κ1) is 21.9. The minimum absolute atomic E-state index is 0.0707. The predicted octanol–water partition coefficient (Wildman–Crippen LogP) is 2.79. The summed E-state index contributed by atoms with van der Waals surface area (Å²) in [5, 5.41) is 5.43. The molecule has 1 N–H and O–H groups in total. The van der Waals surface area contributed by atoms with Gasteiger partial charge in [-0.15, -0.1) is 5.10 Å². The third-order valence-corrected chi connectivity index (χ3v) is 5.20. The van der Waals surface area contributed by atoms with Crippen molar-refractivity contribution in [3.05, 3.63) is 71.5 Å². The molecule has 9 heteroatoms. The Hall–Kier alpha value is -2.78. The van der Waals surface area contributed by atoms with Gasteiger partial charge in [-0.2, -0.15) is 5.01 Å². The first-order valence-corrected chi connectivity index (χ1v) is 11.2. The second-order valence-corrected chi connectivity index (χ2v) is 9.93. The molecule has 0 saturated carbocycles. The molecular weight excluding hydrogens is 409 g/mol. The van der Waals surface area contributed by atoms with Gasteiger partial charge in [0.15, 0.2) is 0 Å². The maximum absolute atomic E-state index is 14.5. The molecule has 1 unspecified atom stereocenters. The van der Waals surface area contributed by atoms with Crippen molar-refractivity contribution < 1.29 is 22.3 Å². The SMILES string of the molecule is CC(C)(C)C(=O)N1N=C(c2ccccc2F)OC1(CNS(C)(=O)=O)c1ccccc1. The van der Waals surface area contributed by atoms with Gasteiger partial charge in [-0.25, -0.2) is 17.5 Å². The van der Waals surface area contributed by atoms with E-state index in [0.29, 0.717) is 5.56 Å². The van der Waals surface area contributed by atoms with E-state index in [-0.39, 0.29) is 18.0 Å². The number of ether oxygens (including phenoxy) is 1. The van der Waals surface area contributed by atoms with Crippen LogP contribution in [-0.4, -0.2) is 38.0 Å². The molecule has 30 heavy (non-hydrogen) atoms. The maximum atomic E-state index is 14.5. The van der Waals surface area contributed by atoms with E-state index >= 15 is 0 Å². The Kier molecular flexibility index (Phi) is 5.70. The number of hydrogen-bond donors (Lipinski definition) is 1. The zero-order chi connectivity index (χ0) is 22.2. The number of carbonyl (C=O) groups excluding carboxylic acids is 1. The number of sulfonamides is 1. The molecule has 1 amide bonds. The molecule has 0 saturated heterocycles. The lowest BCUT2D eigenvalue weighted by Gasteiger charge is -2.37. The number of rotatable bonds is 5. The van der Waals surface area contributed by atoms with E-state index in [2.05, 4.69) is 9.82 Å². The number of halogens is 1. The minimum atomic E-state index is -3.63. The van der Waals surface area contributed by atoms with E-state index in [9.17, 15) is 17.6 Å². The van der Waals surface area contributed by atoms with E-state index in [0.717, 1.165) is 11.3 Å². The normalized spacial score (nSPS) is 19.4. The van der Waals surface area contributed by atoms with E-state index < -0.39 is 32.9 Å². The average Bonchev–Trinajstić information content (AvgIpc) is 3.06. The van der Waals surface area contributed by atoms with Gasteiger partial charge < -0.3 is 4.74 Å². The van der Waals surface area contributed by atoms with Crippen molar-refractivity contribution in [2.45, 2.75) is 26.5 Å². The van der Waals surface area contributed by atoms with Crippen LogP contribution < -0.4 is 4.72 Å². The molecule has 7 nitrogen and oxygen atoms in total. The topological polar surface area (TPSA) is 88.1 Å². The van der Waals surface area contributed by atoms with Gasteiger partial charge in [0.2, 0.25) is 21.6 Å². The molecule has 0 radical (unpaired) electrons. The zero-order valence-electron chi connectivity index (χ0n) is 17.2. The Balaban J connectivity index is 2.19. The summed E-state index contributed by atoms with van der Waals surface area (Å²) >= 11 is 0. The number of benzene rings is 2. The lowest BCUT2D eigenvalue weighted by molar-refractivity contribution is -0.159. The molecule has 0 fully saturated rings. The predicted molar refractivity (Wildman–Crippen MR) is 111 cm³/mol. The van der Waals surface area contributed by atoms with Gasteiger partial charge in [-0.05, 0) is 12.1 Å². The third kappa shape index (κ3) is 4.36. The number of hydrazone groups is 1. The third-order valence-electron chi connectivity index (χ3n) is 4.54. The van der Waals surface area contributed by atoms with Crippen molar-refractivity contribution in [3.63, 3.8) is 0 Å². The minimum Gasteiger partial charge on any atom is -0.441 e. The Morgan fingerprint density at radius 2 is 1.73 bits per heavy atom. The maximum Gasteiger partial charge on any atom is 0.252 e. The van der Waals surface area contributed by atoms with Crippen molar-refractivity contribution in [2.75, 3.05) is 12.8 Å². The summed E-state index contributed by atoms with van der Waals surface area (Å²) in [6.07, 6.45) is 1.01. The van der Waals surface area contributed by atoms with E-state index in [4.69, 9.17) is 4.74 Å². The monoisotopic (exact) mass is 433 g/mol. The van der Waals surface area contributed by atoms with Gasteiger partial charge in [0.05, 0.1) is 18.4 Å². The molecule has 2 aromatic rings. The highest BCUT2D eigenvalue weighted by molar-refractivity contribution is 7.88. The number of amides is 1. The van der Waals surface area contributed by atoms with Crippen LogP contribution in [0.15, 0.2) is 59.7 Å². The van der Waals surface area contributed by atoms with Crippen molar-refractivity contribution in [2.24, 2.45) is 10.5 Å². The molecule has 3 rings (SSSR count). The Bertz CT molecular complexity index is 1080. The molecular formula is C21H24FN3O4S. The van der Waals surface area contributed by atoms with Crippen LogP contribution >= 0.6 is 0 Å². The second-order valence-electron chi connectivity index (χ2n) is 8.10. The lowest BCUT2D eigenvalue weighted by atomic mass is 9.92. The van der Waals surface area contributed by atoms with Crippen LogP contribution in [0, 0.1) is 11.2 Å². The van der Waals surface area contributed by atoms with E-state index in [1.165, 1.54) is 18.2 Å². The smallest absolute Gasteiger partial charge is 0.252 e. The fourth-order valence-corrected chi connectivity index (χ4v) is 3.45. The van der Waals surface area contributed by atoms with Crippen LogP contribution in [0.4, 0.5) is 4.39 Å². The number of carbonyl (C=O) groups is 1. The molecule has 1 atom stereocenters. The molecule has 0 bridgehead atoms. The fraction of sp³-hybridized carbons (Fsp3) is 0.333. The summed E-state index contributed by atoms with van der Waals surface area (Å²) in [5.74, 6) is -1.09. The van der Waals surface area contributed by atoms with E-state index in [1.807, 2.05) is 0 Å². The largest absolute Gasteiger partial charge is 0.441 e. The molecule has 0 spiro atoms. The second kappa shape index (κ2) is 7.81. The van der Waals surface area contributed by atoms with Gasteiger partial charge in [-0.3, -0.25) is 4.79 Å². The molecule has 0 aromatic heterocycles. The number of hydrogen-bond acceptors (Lipinski definition) is 5. The quantitative estimate of drug-likeness (QED) is 0.785. The van der Waals surface area contributed by atoms with Crippen LogP contribution in [0.5, 0.6) is 0 Å². The Morgan fingerprint density at radius 1 is 1.13 bits per heavy atom. The van der Waals surface area contributed by atoms with E-state index in [1.54, 1.807) is 57.2 Å². The van der Waals surface area contributed by atoms with Gasteiger partial charge in [-0.1, -0.05) is 63.2 Å². The first-order chi connectivity index (χ1) is 13.9. The van der Waals surface area contributed by atoms with Gasteiger partial charge in [0, 0.05) is 11.0 Å². The number of nitrogens with zero attached hydrogens (tertiary/aromatic N) is 2. The van der Waals surface area contributed by atoms with Gasteiger partial charge >= 0.3 is 0 Å². The van der Waals surface area contributed by atoms with Crippen molar-refractivity contribution in [3.8, 4) is 0 Å². The summed E-state index contributed by atoms with van der Waals surface area (Å²) in [4.78, 5) is 13.3. The summed E-state index contributed by atoms with van der Waals surface area (Å²) in [5.41, 5.74) is -1.91. The van der Waals surface area contributed by atoms with Crippen LogP contribution in [0.2, 0.25) is 0 Å². The summed E-state index contributed by atoms with van der Waals surface area (Å²) in [6, 6.07) is 14.6. The first-order valence-electron chi connectivity index (χ1n) is 9.31. The van der Waals surface area contributed by atoms with Gasteiger partial charge in [0.1, 0.15) is 5.82 Å². The molecule has 160 valence electrons. The lowest BCUT2D eigenvalue weighted by Crippen LogP contribution is -2.54. The Morgan fingerprint density at radius 3 is 2.30 bits per heavy atom. The highest BCUT2D eigenvalue weighted by Gasteiger charge is 2.52. The summed E-state index contributed by atoms with van der Waals surface area (Å²) < 4.78 is 46.7.